The lowest BCUT2D eigenvalue weighted by molar-refractivity contribution is 0.0868. The van der Waals surface area contributed by atoms with Gasteiger partial charge in [0.25, 0.3) is 0 Å². The minimum Gasteiger partial charge on any atom is -0.395 e. The van der Waals surface area contributed by atoms with Crippen LogP contribution in [-0.2, 0) is 4.74 Å². The third-order valence-electron chi connectivity index (χ3n) is 3.09. The number of aliphatic hydroxyl groups is 1. The Morgan fingerprint density at radius 3 is 2.68 bits per heavy atom. The third-order valence-corrected chi connectivity index (χ3v) is 3.09. The number of rotatable bonds is 8. The number of methoxy groups -OCH3 is 1. The maximum Gasteiger partial charge on any atom is 0.177 e. The monoisotopic (exact) mass is 265 g/mol. The number of carbonyl (C=O) groups is 1. The Morgan fingerprint density at radius 2 is 2.05 bits per heavy atom. The Balaban J connectivity index is 2.72. The molecule has 4 heteroatoms. The molecule has 4 nitrogen and oxygen atoms in total. The summed E-state index contributed by atoms with van der Waals surface area (Å²) in [6, 6.07) is 5.89. The van der Waals surface area contributed by atoms with Crippen molar-refractivity contribution in [2.75, 3.05) is 40.0 Å². The first-order valence-corrected chi connectivity index (χ1v) is 6.51. The summed E-state index contributed by atoms with van der Waals surface area (Å²) in [5.74, 6) is 0.0887. The molecule has 0 saturated carbocycles. The smallest absolute Gasteiger partial charge is 0.177 e. The molecule has 106 valence electrons. The van der Waals surface area contributed by atoms with Gasteiger partial charge in [0.2, 0.25) is 0 Å². The molecular weight excluding hydrogens is 242 g/mol. The summed E-state index contributed by atoms with van der Waals surface area (Å²) in [6.45, 7) is 5.97. The van der Waals surface area contributed by atoms with E-state index in [1.807, 2.05) is 36.9 Å². The van der Waals surface area contributed by atoms with E-state index in [0.717, 1.165) is 16.7 Å². The number of benzene rings is 1. The van der Waals surface area contributed by atoms with E-state index < -0.39 is 0 Å². The minimum atomic E-state index is 0.0454. The van der Waals surface area contributed by atoms with Gasteiger partial charge in [-0.25, -0.2) is 0 Å². The first-order valence-electron chi connectivity index (χ1n) is 6.51. The van der Waals surface area contributed by atoms with Gasteiger partial charge in [-0.05, 0) is 25.5 Å². The average Bonchev–Trinajstić information content (AvgIpc) is 2.39. The van der Waals surface area contributed by atoms with Crippen LogP contribution < -0.4 is 0 Å². The van der Waals surface area contributed by atoms with Crippen LogP contribution in [0.4, 0.5) is 0 Å². The highest BCUT2D eigenvalue weighted by Gasteiger charge is 2.14. The van der Waals surface area contributed by atoms with Gasteiger partial charge in [-0.3, -0.25) is 9.69 Å². The predicted octanol–water partition coefficient (Wildman–Crippen LogP) is 1.43. The van der Waals surface area contributed by atoms with Crippen LogP contribution in [0.5, 0.6) is 0 Å². The largest absolute Gasteiger partial charge is 0.395 e. The predicted molar refractivity (Wildman–Crippen MR) is 75.6 cm³/mol. The van der Waals surface area contributed by atoms with Gasteiger partial charge in [-0.2, -0.15) is 0 Å². The SMILES string of the molecule is COCCN(CCO)CC(=O)c1cc(C)ccc1C. The van der Waals surface area contributed by atoms with Gasteiger partial charge in [-0.15, -0.1) is 0 Å². The normalized spacial score (nSPS) is 11.0. The summed E-state index contributed by atoms with van der Waals surface area (Å²) in [5, 5.41) is 9.02. The summed E-state index contributed by atoms with van der Waals surface area (Å²) < 4.78 is 5.01. The van der Waals surface area contributed by atoms with Crippen molar-refractivity contribution in [2.45, 2.75) is 13.8 Å². The quantitative estimate of drug-likeness (QED) is 0.722. The van der Waals surface area contributed by atoms with Gasteiger partial charge < -0.3 is 9.84 Å². The summed E-state index contributed by atoms with van der Waals surface area (Å²) in [4.78, 5) is 14.2. The molecule has 0 amide bonds. The molecule has 1 rings (SSSR count). The van der Waals surface area contributed by atoms with Crippen molar-refractivity contribution >= 4 is 5.78 Å². The molecule has 0 spiro atoms. The number of hydrogen-bond acceptors (Lipinski definition) is 4. The van der Waals surface area contributed by atoms with Gasteiger partial charge in [-0.1, -0.05) is 17.7 Å². The first kappa shape index (κ1) is 15.8. The second-order valence-corrected chi connectivity index (χ2v) is 4.73. The molecule has 0 saturated heterocycles. The van der Waals surface area contributed by atoms with Gasteiger partial charge in [0.15, 0.2) is 5.78 Å². The molecule has 19 heavy (non-hydrogen) atoms. The van der Waals surface area contributed by atoms with Gasteiger partial charge in [0.05, 0.1) is 19.8 Å². The van der Waals surface area contributed by atoms with E-state index in [1.54, 1.807) is 7.11 Å². The molecule has 0 aliphatic carbocycles. The van der Waals surface area contributed by atoms with Crippen LogP contribution in [0.2, 0.25) is 0 Å². The van der Waals surface area contributed by atoms with Crippen molar-refractivity contribution in [2.24, 2.45) is 0 Å². The van der Waals surface area contributed by atoms with Gasteiger partial charge in [0, 0.05) is 25.8 Å². The van der Waals surface area contributed by atoms with Crippen LogP contribution in [0.15, 0.2) is 18.2 Å². The number of carbonyl (C=O) groups excluding carboxylic acids is 1. The minimum absolute atomic E-state index is 0.0454. The second kappa shape index (κ2) is 8.04. The van der Waals surface area contributed by atoms with Gasteiger partial charge >= 0.3 is 0 Å². The van der Waals surface area contributed by atoms with Crippen LogP contribution in [0.1, 0.15) is 21.5 Å². The highest BCUT2D eigenvalue weighted by Crippen LogP contribution is 2.12. The Morgan fingerprint density at radius 1 is 1.32 bits per heavy atom. The van der Waals surface area contributed by atoms with E-state index >= 15 is 0 Å². The Kier molecular flexibility index (Phi) is 6.70. The highest BCUT2D eigenvalue weighted by molar-refractivity contribution is 5.99. The maximum atomic E-state index is 12.3. The summed E-state index contributed by atoms with van der Waals surface area (Å²) >= 11 is 0. The summed E-state index contributed by atoms with van der Waals surface area (Å²) in [6.07, 6.45) is 0. The standard InChI is InChI=1S/C15H23NO3/c1-12-4-5-13(2)14(10-12)15(18)11-16(6-8-17)7-9-19-3/h4-5,10,17H,6-9,11H2,1-3H3. The first-order chi connectivity index (χ1) is 9.08. The van der Waals surface area contributed by atoms with Crippen molar-refractivity contribution in [1.29, 1.82) is 0 Å². The number of Topliss-reactive ketones (excluding diaryl/α,β-unsaturated/α-hetero) is 1. The average molecular weight is 265 g/mol. The molecule has 0 fully saturated rings. The zero-order valence-corrected chi connectivity index (χ0v) is 12.0. The zero-order valence-electron chi connectivity index (χ0n) is 12.0. The molecule has 0 aliphatic rings. The highest BCUT2D eigenvalue weighted by atomic mass is 16.5. The number of aryl methyl sites for hydroxylation is 2. The van der Waals surface area contributed by atoms with E-state index in [2.05, 4.69) is 0 Å². The number of aliphatic hydroxyl groups excluding tert-OH is 1. The summed E-state index contributed by atoms with van der Waals surface area (Å²) in [7, 11) is 1.63. The zero-order chi connectivity index (χ0) is 14.3. The van der Waals surface area contributed by atoms with Crippen molar-refractivity contribution in [1.82, 2.24) is 4.90 Å². The van der Waals surface area contributed by atoms with Crippen LogP contribution in [0.3, 0.4) is 0 Å². The van der Waals surface area contributed by atoms with Crippen molar-refractivity contribution in [3.63, 3.8) is 0 Å². The van der Waals surface area contributed by atoms with E-state index in [-0.39, 0.29) is 12.4 Å². The van der Waals surface area contributed by atoms with E-state index in [4.69, 9.17) is 9.84 Å². The van der Waals surface area contributed by atoms with Crippen LogP contribution in [0, 0.1) is 13.8 Å². The molecule has 0 radical (unpaired) electrons. The van der Waals surface area contributed by atoms with Crippen molar-refractivity contribution in [3.05, 3.63) is 34.9 Å². The molecule has 1 aromatic rings. The fraction of sp³-hybridized carbons (Fsp3) is 0.533. The van der Waals surface area contributed by atoms with E-state index in [1.165, 1.54) is 0 Å². The van der Waals surface area contributed by atoms with Crippen LogP contribution in [0.25, 0.3) is 0 Å². The lowest BCUT2D eigenvalue weighted by Gasteiger charge is -2.20. The lowest BCUT2D eigenvalue weighted by Crippen LogP contribution is -2.35. The fourth-order valence-corrected chi connectivity index (χ4v) is 1.96. The molecule has 0 unspecified atom stereocenters. The molecule has 0 bridgehead atoms. The van der Waals surface area contributed by atoms with Crippen LogP contribution >= 0.6 is 0 Å². The lowest BCUT2D eigenvalue weighted by atomic mass is 10.0. The van der Waals surface area contributed by atoms with Crippen molar-refractivity contribution < 1.29 is 14.6 Å². The number of hydrogen-bond donors (Lipinski definition) is 1. The number of ketones is 1. The second-order valence-electron chi connectivity index (χ2n) is 4.73. The Hall–Kier alpha value is -1.23. The molecule has 1 N–H and O–H groups in total. The van der Waals surface area contributed by atoms with Crippen molar-refractivity contribution in [3.8, 4) is 0 Å². The number of ether oxygens (including phenoxy) is 1. The molecule has 1 aromatic carbocycles. The molecular formula is C15H23NO3. The van der Waals surface area contributed by atoms with Gasteiger partial charge in [0.1, 0.15) is 0 Å². The topological polar surface area (TPSA) is 49.8 Å². The van der Waals surface area contributed by atoms with Crippen LogP contribution in [-0.4, -0.2) is 55.7 Å². The fourth-order valence-electron chi connectivity index (χ4n) is 1.96. The molecule has 0 aliphatic heterocycles. The van der Waals surface area contributed by atoms with E-state index in [9.17, 15) is 4.79 Å². The summed E-state index contributed by atoms with van der Waals surface area (Å²) in [5.41, 5.74) is 2.84. The maximum absolute atomic E-state index is 12.3. The molecule has 0 atom stereocenters. The Bertz CT molecular complexity index is 418. The molecule has 0 heterocycles. The molecule has 0 aromatic heterocycles. The van der Waals surface area contributed by atoms with E-state index in [0.29, 0.717) is 26.2 Å². The third kappa shape index (κ3) is 5.11. The Labute approximate surface area is 115 Å². The number of nitrogens with zero attached hydrogens (tertiary/aromatic N) is 1.